The molecule has 1 aromatic rings. The maximum Gasteiger partial charge on any atom is 0.193 e. The fraction of sp³-hybridized carbons (Fsp3) is 0.682. The second-order valence-corrected chi connectivity index (χ2v) is 8.70. The Labute approximate surface area is 191 Å². The van der Waals surface area contributed by atoms with Gasteiger partial charge in [-0.1, -0.05) is 24.3 Å². The summed E-state index contributed by atoms with van der Waals surface area (Å²) in [5, 5.41) is 13.2. The van der Waals surface area contributed by atoms with Crippen LogP contribution >= 0.6 is 24.0 Å². The van der Waals surface area contributed by atoms with Gasteiger partial charge in [0.15, 0.2) is 5.96 Å². The van der Waals surface area contributed by atoms with Gasteiger partial charge in [0.1, 0.15) is 0 Å². The molecule has 4 rings (SSSR count). The Morgan fingerprint density at radius 1 is 1.17 bits per heavy atom. The maximum atomic E-state index is 9.64. The highest BCUT2D eigenvalue weighted by Crippen LogP contribution is 2.38. The van der Waals surface area contributed by atoms with E-state index in [4.69, 9.17) is 4.74 Å². The largest absolute Gasteiger partial charge is 0.393 e. The molecule has 2 N–H and O–H groups in total. The van der Waals surface area contributed by atoms with Crippen molar-refractivity contribution in [2.75, 3.05) is 46.4 Å². The van der Waals surface area contributed by atoms with E-state index < -0.39 is 0 Å². The van der Waals surface area contributed by atoms with Gasteiger partial charge in [-0.2, -0.15) is 0 Å². The summed E-state index contributed by atoms with van der Waals surface area (Å²) in [5.74, 6) is 1.000. The van der Waals surface area contributed by atoms with Crippen molar-refractivity contribution < 1.29 is 9.84 Å². The Bertz CT molecular complexity index is 668. The highest BCUT2D eigenvalue weighted by atomic mass is 127. The third kappa shape index (κ3) is 5.83. The Balaban J connectivity index is 0.00000240. The summed E-state index contributed by atoms with van der Waals surface area (Å²) in [4.78, 5) is 9.32. The highest BCUT2D eigenvalue weighted by molar-refractivity contribution is 14.0. The van der Waals surface area contributed by atoms with Crippen molar-refractivity contribution in [2.45, 2.75) is 44.9 Å². The molecule has 6 nitrogen and oxygen atoms in total. The van der Waals surface area contributed by atoms with E-state index in [0.29, 0.717) is 5.41 Å². The molecule has 1 atom stereocenters. The zero-order chi connectivity index (χ0) is 19.4. The number of guanidine groups is 1. The summed E-state index contributed by atoms with van der Waals surface area (Å²) in [6.45, 7) is 7.67. The number of ether oxygens (including phenoxy) is 1. The number of aliphatic imine (C=N–C) groups is 1. The molecule has 0 aromatic heterocycles. The normalized spacial score (nSPS) is 26.1. The number of hydrogen-bond donors (Lipinski definition) is 2. The Morgan fingerprint density at radius 3 is 2.55 bits per heavy atom. The molecule has 0 aliphatic carbocycles. The molecule has 0 amide bonds. The van der Waals surface area contributed by atoms with Crippen LogP contribution in [0.25, 0.3) is 0 Å². The monoisotopic (exact) mass is 514 g/mol. The number of likely N-dealkylation sites (tertiary alicyclic amines) is 2. The average molecular weight is 514 g/mol. The minimum absolute atomic E-state index is 0. The predicted molar refractivity (Wildman–Crippen MR) is 127 cm³/mol. The molecule has 29 heavy (non-hydrogen) atoms. The van der Waals surface area contributed by atoms with Crippen molar-refractivity contribution in [3.8, 4) is 0 Å². The SMILES string of the molecule is CN=C(NCc1ccc(CN2CCC(O)CC2)cc1)N1CCC2(CCOC2)C1.I. The quantitative estimate of drug-likeness (QED) is 0.368. The van der Waals surface area contributed by atoms with Crippen LogP contribution < -0.4 is 5.32 Å². The van der Waals surface area contributed by atoms with Crippen LogP contribution in [0, 0.1) is 5.41 Å². The van der Waals surface area contributed by atoms with E-state index in [1.807, 2.05) is 7.05 Å². The lowest BCUT2D eigenvalue weighted by molar-refractivity contribution is 0.0792. The molecule has 1 spiro atoms. The number of nitrogens with one attached hydrogen (secondary N) is 1. The Hall–Kier alpha value is -0.900. The van der Waals surface area contributed by atoms with Crippen LogP contribution in [0.1, 0.15) is 36.8 Å². The van der Waals surface area contributed by atoms with Gasteiger partial charge in [0.05, 0.1) is 12.7 Å². The van der Waals surface area contributed by atoms with Gasteiger partial charge in [0, 0.05) is 58.3 Å². The fourth-order valence-corrected chi connectivity index (χ4v) is 4.70. The van der Waals surface area contributed by atoms with E-state index in [0.717, 1.165) is 71.3 Å². The molecule has 3 heterocycles. The van der Waals surface area contributed by atoms with Gasteiger partial charge >= 0.3 is 0 Å². The molecule has 0 radical (unpaired) electrons. The number of nitrogens with zero attached hydrogens (tertiary/aromatic N) is 3. The second kappa shape index (κ2) is 10.4. The fourth-order valence-electron chi connectivity index (χ4n) is 4.70. The molecule has 0 bridgehead atoms. The van der Waals surface area contributed by atoms with Crippen molar-refractivity contribution in [3.63, 3.8) is 0 Å². The molecule has 162 valence electrons. The van der Waals surface area contributed by atoms with Crippen molar-refractivity contribution in [1.82, 2.24) is 15.1 Å². The standard InChI is InChI=1S/C22H34N4O2.HI/c1-23-21(26-12-8-22(16-26)9-13-28-17-22)24-14-18-2-4-19(5-3-18)15-25-10-6-20(27)7-11-25;/h2-5,20,27H,6-17H2,1H3,(H,23,24);1H. The molecule has 1 aromatic carbocycles. The number of benzene rings is 1. The maximum absolute atomic E-state index is 9.64. The molecule has 0 saturated carbocycles. The van der Waals surface area contributed by atoms with E-state index in [1.165, 1.54) is 24.0 Å². The molecular formula is C22H35IN4O2. The topological polar surface area (TPSA) is 60.3 Å². The Morgan fingerprint density at radius 2 is 1.90 bits per heavy atom. The predicted octanol–water partition coefficient (Wildman–Crippen LogP) is 2.45. The minimum Gasteiger partial charge on any atom is -0.393 e. The van der Waals surface area contributed by atoms with Gasteiger partial charge < -0.3 is 20.1 Å². The number of aliphatic hydroxyl groups is 1. The first-order valence-electron chi connectivity index (χ1n) is 10.7. The lowest BCUT2D eigenvalue weighted by Crippen LogP contribution is -2.41. The van der Waals surface area contributed by atoms with Crippen LogP contribution in [0.4, 0.5) is 0 Å². The third-order valence-electron chi connectivity index (χ3n) is 6.57. The minimum atomic E-state index is -0.106. The summed E-state index contributed by atoms with van der Waals surface area (Å²) in [6, 6.07) is 8.88. The van der Waals surface area contributed by atoms with Crippen molar-refractivity contribution >= 4 is 29.9 Å². The first kappa shape index (κ1) is 22.8. The highest BCUT2D eigenvalue weighted by Gasteiger charge is 2.42. The van der Waals surface area contributed by atoms with Gasteiger partial charge in [0.2, 0.25) is 0 Å². The molecular weight excluding hydrogens is 479 g/mol. The van der Waals surface area contributed by atoms with Crippen LogP contribution in [-0.4, -0.2) is 73.4 Å². The summed E-state index contributed by atoms with van der Waals surface area (Å²) < 4.78 is 5.64. The van der Waals surface area contributed by atoms with Crippen LogP contribution in [-0.2, 0) is 17.8 Å². The number of hydrogen-bond acceptors (Lipinski definition) is 4. The molecule has 7 heteroatoms. The number of halogens is 1. The summed E-state index contributed by atoms with van der Waals surface area (Å²) in [5.41, 5.74) is 2.97. The molecule has 3 aliphatic heterocycles. The van der Waals surface area contributed by atoms with Crippen molar-refractivity contribution in [3.05, 3.63) is 35.4 Å². The van der Waals surface area contributed by atoms with Crippen LogP contribution in [0.2, 0.25) is 0 Å². The van der Waals surface area contributed by atoms with Crippen molar-refractivity contribution in [1.29, 1.82) is 0 Å². The Kier molecular flexibility index (Phi) is 8.18. The first-order chi connectivity index (χ1) is 13.7. The smallest absolute Gasteiger partial charge is 0.193 e. The van der Waals surface area contributed by atoms with E-state index in [9.17, 15) is 5.11 Å². The first-order valence-corrected chi connectivity index (χ1v) is 10.7. The van der Waals surface area contributed by atoms with E-state index in [2.05, 4.69) is 44.4 Å². The van der Waals surface area contributed by atoms with Gasteiger partial charge in [-0.3, -0.25) is 9.89 Å². The lowest BCUT2D eigenvalue weighted by Gasteiger charge is -2.29. The third-order valence-corrected chi connectivity index (χ3v) is 6.57. The van der Waals surface area contributed by atoms with E-state index >= 15 is 0 Å². The second-order valence-electron chi connectivity index (χ2n) is 8.70. The van der Waals surface area contributed by atoms with Crippen molar-refractivity contribution in [2.24, 2.45) is 10.4 Å². The molecule has 3 saturated heterocycles. The van der Waals surface area contributed by atoms with Crippen LogP contribution in [0.3, 0.4) is 0 Å². The zero-order valence-corrected chi connectivity index (χ0v) is 19.8. The molecule has 3 aliphatic rings. The van der Waals surface area contributed by atoms with Gasteiger partial charge in [-0.15, -0.1) is 24.0 Å². The zero-order valence-electron chi connectivity index (χ0n) is 17.5. The number of piperidine rings is 1. The summed E-state index contributed by atoms with van der Waals surface area (Å²) in [7, 11) is 1.87. The van der Waals surface area contributed by atoms with E-state index in [1.54, 1.807) is 0 Å². The molecule has 1 unspecified atom stereocenters. The van der Waals surface area contributed by atoms with Gasteiger partial charge in [0.25, 0.3) is 0 Å². The number of rotatable bonds is 4. The van der Waals surface area contributed by atoms with E-state index in [-0.39, 0.29) is 30.1 Å². The summed E-state index contributed by atoms with van der Waals surface area (Å²) in [6.07, 6.45) is 4.06. The van der Waals surface area contributed by atoms with Gasteiger partial charge in [-0.05, 0) is 36.8 Å². The van der Waals surface area contributed by atoms with Crippen LogP contribution in [0.5, 0.6) is 0 Å². The number of aliphatic hydroxyl groups excluding tert-OH is 1. The lowest BCUT2D eigenvalue weighted by atomic mass is 9.87. The summed E-state index contributed by atoms with van der Waals surface area (Å²) >= 11 is 0. The van der Waals surface area contributed by atoms with Gasteiger partial charge in [-0.25, -0.2) is 0 Å². The average Bonchev–Trinajstić information content (AvgIpc) is 3.35. The molecule has 3 fully saturated rings. The van der Waals surface area contributed by atoms with Crippen LogP contribution in [0.15, 0.2) is 29.3 Å².